The number of aryl methyl sites for hydroxylation is 1. The number of fused-ring (bicyclic) bond motifs is 1. The lowest BCUT2D eigenvalue weighted by Gasteiger charge is -2.24. The van der Waals surface area contributed by atoms with Crippen molar-refractivity contribution in [2.75, 3.05) is 0 Å². The maximum absolute atomic E-state index is 13.8. The van der Waals surface area contributed by atoms with Crippen LogP contribution in [0.4, 0.5) is 4.39 Å². The highest BCUT2D eigenvalue weighted by atomic mass is 32.2. The Morgan fingerprint density at radius 1 is 1.18 bits per heavy atom. The number of benzene rings is 2. The molecule has 0 fully saturated rings. The molecule has 0 saturated carbocycles. The minimum Gasteiger partial charge on any atom is -0.483 e. The summed E-state index contributed by atoms with van der Waals surface area (Å²) in [6.45, 7) is 4.59. The summed E-state index contributed by atoms with van der Waals surface area (Å²) in [5.74, 6) is 0.492. The number of halogens is 1. The highest BCUT2D eigenvalue weighted by molar-refractivity contribution is 7.99. The van der Waals surface area contributed by atoms with Gasteiger partial charge in [-0.15, -0.1) is 16.8 Å². The van der Waals surface area contributed by atoms with Crippen molar-refractivity contribution < 1.29 is 9.13 Å². The van der Waals surface area contributed by atoms with E-state index in [9.17, 15) is 4.39 Å². The van der Waals surface area contributed by atoms with Crippen LogP contribution in [-0.4, -0.2) is 14.8 Å². The van der Waals surface area contributed by atoms with Crippen LogP contribution >= 0.6 is 11.8 Å². The molecule has 1 aliphatic carbocycles. The molecule has 2 aromatic carbocycles. The van der Waals surface area contributed by atoms with Crippen molar-refractivity contribution in [3.8, 4) is 5.75 Å². The normalized spacial score (nSPS) is 15.8. The third-order valence-electron chi connectivity index (χ3n) is 4.86. The summed E-state index contributed by atoms with van der Waals surface area (Å²) >= 11 is 1.73. The van der Waals surface area contributed by atoms with Crippen molar-refractivity contribution in [1.82, 2.24) is 14.8 Å². The van der Waals surface area contributed by atoms with E-state index in [1.165, 1.54) is 23.6 Å². The van der Waals surface area contributed by atoms with Crippen LogP contribution in [0.2, 0.25) is 0 Å². The van der Waals surface area contributed by atoms with Gasteiger partial charge in [0.25, 0.3) is 0 Å². The Morgan fingerprint density at radius 2 is 2.00 bits per heavy atom. The number of hydrogen-bond acceptors (Lipinski definition) is 4. The maximum atomic E-state index is 13.8. The van der Waals surface area contributed by atoms with Crippen molar-refractivity contribution in [3.63, 3.8) is 0 Å². The van der Waals surface area contributed by atoms with Gasteiger partial charge in [0.2, 0.25) is 0 Å². The van der Waals surface area contributed by atoms with Gasteiger partial charge < -0.3 is 4.74 Å². The van der Waals surface area contributed by atoms with Gasteiger partial charge in [0, 0.05) is 11.8 Å². The lowest BCUT2D eigenvalue weighted by atomic mass is 9.91. The Morgan fingerprint density at radius 3 is 2.86 bits per heavy atom. The molecule has 0 bridgehead atoms. The average Bonchev–Trinajstić information content (AvgIpc) is 3.09. The smallest absolute Gasteiger partial charge is 0.192 e. The first-order valence-electron chi connectivity index (χ1n) is 9.41. The third-order valence-corrected chi connectivity index (χ3v) is 6.15. The number of para-hydroxylation sites is 1. The van der Waals surface area contributed by atoms with Gasteiger partial charge in [0.05, 0.1) is 0 Å². The van der Waals surface area contributed by atoms with Gasteiger partial charge in [0.1, 0.15) is 6.61 Å². The molecule has 1 aromatic heterocycles. The number of hydrogen-bond donors (Lipinski definition) is 0. The first kappa shape index (κ1) is 18.7. The molecule has 144 valence electrons. The molecule has 1 atom stereocenters. The lowest BCUT2D eigenvalue weighted by Crippen LogP contribution is -2.10. The second-order valence-electron chi connectivity index (χ2n) is 6.71. The van der Waals surface area contributed by atoms with Crippen molar-refractivity contribution in [1.29, 1.82) is 0 Å². The van der Waals surface area contributed by atoms with Gasteiger partial charge in [-0.05, 0) is 42.5 Å². The molecule has 0 aliphatic heterocycles. The number of aromatic nitrogens is 3. The second-order valence-corrected chi connectivity index (χ2v) is 7.88. The quantitative estimate of drug-likeness (QED) is 0.506. The fraction of sp³-hybridized carbons (Fsp3) is 0.273. The van der Waals surface area contributed by atoms with Crippen molar-refractivity contribution in [2.45, 2.75) is 42.8 Å². The summed E-state index contributed by atoms with van der Waals surface area (Å²) in [5, 5.41) is 9.89. The van der Waals surface area contributed by atoms with Gasteiger partial charge >= 0.3 is 0 Å². The van der Waals surface area contributed by atoms with Gasteiger partial charge in [-0.25, -0.2) is 4.39 Å². The van der Waals surface area contributed by atoms with E-state index in [0.717, 1.165) is 18.0 Å². The van der Waals surface area contributed by atoms with E-state index in [1.54, 1.807) is 30.0 Å². The van der Waals surface area contributed by atoms with Crippen LogP contribution in [0.3, 0.4) is 0 Å². The molecule has 0 N–H and O–H groups in total. The molecule has 4 nitrogen and oxygen atoms in total. The molecule has 0 amide bonds. The van der Waals surface area contributed by atoms with Gasteiger partial charge in [-0.2, -0.15) is 0 Å². The number of rotatable bonds is 7. The minimum atomic E-state index is -0.384. The molecule has 0 radical (unpaired) electrons. The van der Waals surface area contributed by atoms with E-state index in [4.69, 9.17) is 4.74 Å². The number of nitrogens with zero attached hydrogens (tertiary/aromatic N) is 3. The standard InChI is InChI=1S/C22H22FN3OS/c1-2-14-26-21(15-27-19-12-6-5-11-18(19)23)24-25-22(26)28-20-13-7-9-16-8-3-4-10-17(16)20/h2-6,8,10-12,20H,1,7,9,13-15H2. The first-order chi connectivity index (χ1) is 13.8. The summed E-state index contributed by atoms with van der Waals surface area (Å²) in [4.78, 5) is 0. The van der Waals surface area contributed by atoms with Crippen molar-refractivity contribution in [3.05, 3.63) is 84.0 Å². The van der Waals surface area contributed by atoms with Crippen LogP contribution in [0.5, 0.6) is 5.75 Å². The molecule has 0 saturated heterocycles. The highest BCUT2D eigenvalue weighted by Crippen LogP contribution is 2.42. The predicted octanol–water partition coefficient (Wildman–Crippen LogP) is 5.35. The Labute approximate surface area is 168 Å². The predicted molar refractivity (Wildman–Crippen MR) is 109 cm³/mol. The zero-order valence-electron chi connectivity index (χ0n) is 15.6. The first-order valence-corrected chi connectivity index (χ1v) is 10.3. The third kappa shape index (κ3) is 3.97. The topological polar surface area (TPSA) is 39.9 Å². The van der Waals surface area contributed by atoms with E-state index in [-0.39, 0.29) is 18.2 Å². The van der Waals surface area contributed by atoms with Crippen LogP contribution in [0.15, 0.2) is 66.3 Å². The van der Waals surface area contributed by atoms with Crippen LogP contribution in [0.1, 0.15) is 35.0 Å². The van der Waals surface area contributed by atoms with Gasteiger partial charge in [-0.3, -0.25) is 4.57 Å². The maximum Gasteiger partial charge on any atom is 0.192 e. The summed E-state index contributed by atoms with van der Waals surface area (Å²) in [7, 11) is 0. The average molecular weight is 396 g/mol. The summed E-state index contributed by atoms with van der Waals surface area (Å²) < 4.78 is 21.4. The largest absolute Gasteiger partial charge is 0.483 e. The van der Waals surface area contributed by atoms with Gasteiger partial charge in [-0.1, -0.05) is 54.2 Å². The Bertz CT molecular complexity index is 972. The van der Waals surface area contributed by atoms with Crippen LogP contribution in [-0.2, 0) is 19.6 Å². The van der Waals surface area contributed by atoms with Crippen LogP contribution < -0.4 is 4.74 Å². The van der Waals surface area contributed by atoms with E-state index in [1.807, 2.05) is 10.6 Å². The van der Waals surface area contributed by atoms with E-state index in [0.29, 0.717) is 17.6 Å². The molecule has 1 heterocycles. The molecule has 1 unspecified atom stereocenters. The number of thioether (sulfide) groups is 1. The van der Waals surface area contributed by atoms with Crippen molar-refractivity contribution in [2.24, 2.45) is 0 Å². The van der Waals surface area contributed by atoms with E-state index < -0.39 is 0 Å². The van der Waals surface area contributed by atoms with Crippen molar-refractivity contribution >= 4 is 11.8 Å². The fourth-order valence-corrected chi connectivity index (χ4v) is 4.78. The Balaban J connectivity index is 1.54. The summed E-state index contributed by atoms with van der Waals surface area (Å²) in [5.41, 5.74) is 2.81. The number of allylic oxidation sites excluding steroid dienone is 1. The van der Waals surface area contributed by atoms with E-state index >= 15 is 0 Å². The second kappa shape index (κ2) is 8.61. The molecule has 4 rings (SSSR count). The SMILES string of the molecule is C=CCn1c(COc2ccccc2F)nnc1SC1CCCc2ccccc21. The minimum absolute atomic E-state index is 0.156. The molecule has 3 aromatic rings. The van der Waals surface area contributed by atoms with Gasteiger partial charge in [0.15, 0.2) is 22.5 Å². The molecule has 0 spiro atoms. The fourth-order valence-electron chi connectivity index (χ4n) is 3.49. The van der Waals surface area contributed by atoms with E-state index in [2.05, 4.69) is 41.0 Å². The monoisotopic (exact) mass is 395 g/mol. The number of ether oxygens (including phenoxy) is 1. The molecule has 6 heteroatoms. The summed E-state index contributed by atoms with van der Waals surface area (Å²) in [6, 6.07) is 15.0. The Kier molecular flexibility index (Phi) is 5.76. The Hall–Kier alpha value is -2.60. The molecular weight excluding hydrogens is 373 g/mol. The van der Waals surface area contributed by atoms with Crippen LogP contribution in [0.25, 0.3) is 0 Å². The molecule has 28 heavy (non-hydrogen) atoms. The summed E-state index contributed by atoms with van der Waals surface area (Å²) in [6.07, 6.45) is 5.24. The lowest BCUT2D eigenvalue weighted by molar-refractivity contribution is 0.275. The molecule has 1 aliphatic rings. The zero-order chi connectivity index (χ0) is 19.3. The molecular formula is C22H22FN3OS. The zero-order valence-corrected chi connectivity index (χ0v) is 16.4. The highest BCUT2D eigenvalue weighted by Gasteiger charge is 2.24. The van der Waals surface area contributed by atoms with Crippen LogP contribution in [0, 0.1) is 5.82 Å².